The van der Waals surface area contributed by atoms with E-state index in [1.165, 1.54) is 6.07 Å². The summed E-state index contributed by atoms with van der Waals surface area (Å²) in [7, 11) is 1.67. The monoisotopic (exact) mass is 299 g/mol. The molecule has 1 heterocycles. The van der Waals surface area contributed by atoms with Gasteiger partial charge in [-0.15, -0.1) is 0 Å². The lowest BCUT2D eigenvalue weighted by atomic mass is 10.1. The molecule has 0 radical (unpaired) electrons. The molecule has 0 aliphatic heterocycles. The number of nitrogens with zero attached hydrogens (tertiary/aromatic N) is 2. The number of nitrogens with one attached hydrogen (secondary N) is 1. The quantitative estimate of drug-likeness (QED) is 0.873. The first kappa shape index (κ1) is 15.2. The van der Waals surface area contributed by atoms with Crippen molar-refractivity contribution in [1.29, 1.82) is 0 Å². The van der Waals surface area contributed by atoms with Crippen LogP contribution in [-0.4, -0.2) is 17.0 Å². The molecule has 0 fully saturated rings. The molecule has 1 aromatic heterocycles. The Morgan fingerprint density at radius 1 is 1.14 bits per heavy atom. The van der Waals surface area contributed by atoms with Gasteiger partial charge in [-0.1, -0.05) is 13.0 Å². The van der Waals surface area contributed by atoms with Crippen LogP contribution >= 0.6 is 0 Å². The molecule has 0 unspecified atom stereocenters. The first-order valence-electron chi connectivity index (χ1n) is 6.28. The lowest BCUT2D eigenvalue weighted by Crippen LogP contribution is -2.08. The summed E-state index contributed by atoms with van der Waals surface area (Å²) < 4.78 is 51.3. The van der Waals surface area contributed by atoms with Gasteiger partial charge >= 0.3 is 6.18 Å². The molecule has 2 aromatic rings. The summed E-state index contributed by atoms with van der Waals surface area (Å²) in [6, 6.07) is 4.32. The summed E-state index contributed by atoms with van der Waals surface area (Å²) in [4.78, 5) is 8.38. The molecule has 21 heavy (non-hydrogen) atoms. The Balaban J connectivity index is 2.50. The van der Waals surface area contributed by atoms with Gasteiger partial charge in [0.1, 0.15) is 17.5 Å². The fourth-order valence-corrected chi connectivity index (χ4v) is 1.84. The maximum Gasteiger partial charge on any atom is 0.419 e. The molecule has 0 atom stereocenters. The van der Waals surface area contributed by atoms with E-state index in [2.05, 4.69) is 15.3 Å². The van der Waals surface area contributed by atoms with E-state index in [0.717, 1.165) is 12.1 Å². The van der Waals surface area contributed by atoms with Crippen molar-refractivity contribution < 1.29 is 17.6 Å². The van der Waals surface area contributed by atoms with Crippen molar-refractivity contribution >= 4 is 5.82 Å². The van der Waals surface area contributed by atoms with Crippen LogP contribution in [0.4, 0.5) is 23.4 Å². The van der Waals surface area contributed by atoms with Crippen molar-refractivity contribution in [3.63, 3.8) is 0 Å². The van der Waals surface area contributed by atoms with Gasteiger partial charge in [-0.05, 0) is 12.1 Å². The lowest BCUT2D eigenvalue weighted by molar-refractivity contribution is -0.139. The molecule has 3 nitrogen and oxygen atoms in total. The van der Waals surface area contributed by atoms with Gasteiger partial charge in [0.25, 0.3) is 0 Å². The lowest BCUT2D eigenvalue weighted by Gasteiger charge is -2.10. The molecule has 2 rings (SSSR count). The zero-order valence-electron chi connectivity index (χ0n) is 11.4. The molecule has 7 heteroatoms. The molecule has 1 N–H and O–H groups in total. The highest BCUT2D eigenvalue weighted by Crippen LogP contribution is 2.33. The number of anilines is 1. The van der Waals surface area contributed by atoms with Crippen molar-refractivity contribution in [2.75, 3.05) is 12.4 Å². The van der Waals surface area contributed by atoms with Crippen LogP contribution in [0.2, 0.25) is 0 Å². The molecule has 0 aliphatic carbocycles. The van der Waals surface area contributed by atoms with Gasteiger partial charge in [-0.2, -0.15) is 13.2 Å². The zero-order chi connectivity index (χ0) is 15.6. The fourth-order valence-electron chi connectivity index (χ4n) is 1.84. The highest BCUT2D eigenvalue weighted by Gasteiger charge is 2.34. The van der Waals surface area contributed by atoms with E-state index >= 15 is 0 Å². The second kappa shape index (κ2) is 5.67. The smallest absolute Gasteiger partial charge is 0.373 e. The number of hydrogen-bond acceptors (Lipinski definition) is 3. The van der Waals surface area contributed by atoms with Crippen molar-refractivity contribution in [2.24, 2.45) is 0 Å². The van der Waals surface area contributed by atoms with Gasteiger partial charge in [0.2, 0.25) is 0 Å². The van der Waals surface area contributed by atoms with Crippen molar-refractivity contribution in [2.45, 2.75) is 19.5 Å². The van der Waals surface area contributed by atoms with Crippen LogP contribution < -0.4 is 5.32 Å². The molecular weight excluding hydrogens is 286 g/mol. The van der Waals surface area contributed by atoms with E-state index < -0.39 is 17.6 Å². The Morgan fingerprint density at radius 2 is 1.86 bits per heavy atom. The molecule has 0 spiro atoms. The summed E-state index contributed by atoms with van der Waals surface area (Å²) in [5.41, 5.74) is -0.641. The number of alkyl halides is 3. The fraction of sp³-hybridized carbons (Fsp3) is 0.286. The Kier molecular flexibility index (Phi) is 4.11. The number of aryl methyl sites for hydroxylation is 1. The number of rotatable bonds is 3. The van der Waals surface area contributed by atoms with Gasteiger partial charge < -0.3 is 5.32 Å². The van der Waals surface area contributed by atoms with E-state index in [0.29, 0.717) is 23.8 Å². The van der Waals surface area contributed by atoms with Crippen LogP contribution in [0.1, 0.15) is 18.3 Å². The second-order valence-corrected chi connectivity index (χ2v) is 4.35. The molecule has 0 aliphatic rings. The van der Waals surface area contributed by atoms with Crippen LogP contribution in [0, 0.1) is 5.82 Å². The van der Waals surface area contributed by atoms with Gasteiger partial charge in [0.15, 0.2) is 0 Å². The highest BCUT2D eigenvalue weighted by molar-refractivity contribution is 5.63. The summed E-state index contributed by atoms with van der Waals surface area (Å²) in [5, 5.41) is 2.84. The van der Waals surface area contributed by atoms with E-state index in [9.17, 15) is 17.6 Å². The first-order valence-corrected chi connectivity index (χ1v) is 6.28. The topological polar surface area (TPSA) is 37.8 Å². The van der Waals surface area contributed by atoms with Gasteiger partial charge in [0, 0.05) is 25.1 Å². The van der Waals surface area contributed by atoms with Crippen LogP contribution in [0.3, 0.4) is 0 Å². The first-order chi connectivity index (χ1) is 9.85. The number of hydrogen-bond donors (Lipinski definition) is 1. The van der Waals surface area contributed by atoms with Crippen LogP contribution in [0.15, 0.2) is 24.3 Å². The molecule has 0 bridgehead atoms. The Morgan fingerprint density at radius 3 is 2.38 bits per heavy atom. The number of halogens is 4. The third-order valence-corrected chi connectivity index (χ3v) is 2.92. The molecule has 0 saturated heterocycles. The average molecular weight is 299 g/mol. The normalized spacial score (nSPS) is 11.5. The predicted molar refractivity (Wildman–Crippen MR) is 71.4 cm³/mol. The maximum absolute atomic E-state index is 13.6. The molecular formula is C14H13F4N3. The minimum absolute atomic E-state index is 0.272. The third kappa shape index (κ3) is 3.29. The largest absolute Gasteiger partial charge is 0.419 e. The Bertz CT molecular complexity index is 631. The molecule has 0 saturated carbocycles. The minimum Gasteiger partial charge on any atom is -0.373 e. The average Bonchev–Trinajstić information content (AvgIpc) is 2.45. The van der Waals surface area contributed by atoms with E-state index in [1.807, 2.05) is 6.92 Å². The number of aromatic nitrogens is 2. The van der Waals surface area contributed by atoms with Gasteiger partial charge in [0.05, 0.1) is 11.3 Å². The predicted octanol–water partition coefficient (Wildman–Crippen LogP) is 3.91. The SMILES string of the molecule is CCc1nc(NC)cc(-c2ccc(C(F)(F)F)c(F)c2)n1. The van der Waals surface area contributed by atoms with Crippen LogP contribution in [0.25, 0.3) is 11.3 Å². The molecule has 1 aromatic carbocycles. The Hall–Kier alpha value is -2.18. The summed E-state index contributed by atoms with van der Waals surface area (Å²) in [5.74, 6) is -0.267. The third-order valence-electron chi connectivity index (χ3n) is 2.92. The van der Waals surface area contributed by atoms with Gasteiger partial charge in [-0.3, -0.25) is 0 Å². The Labute approximate surface area is 119 Å². The second-order valence-electron chi connectivity index (χ2n) is 4.35. The zero-order valence-corrected chi connectivity index (χ0v) is 11.4. The van der Waals surface area contributed by atoms with Crippen molar-refractivity contribution in [1.82, 2.24) is 9.97 Å². The van der Waals surface area contributed by atoms with Gasteiger partial charge in [-0.25, -0.2) is 14.4 Å². The van der Waals surface area contributed by atoms with E-state index in [4.69, 9.17) is 0 Å². The maximum atomic E-state index is 13.6. The summed E-state index contributed by atoms with van der Waals surface area (Å²) >= 11 is 0. The highest BCUT2D eigenvalue weighted by atomic mass is 19.4. The summed E-state index contributed by atoms with van der Waals surface area (Å²) in [6.45, 7) is 1.85. The number of benzene rings is 1. The molecule has 0 amide bonds. The van der Waals surface area contributed by atoms with Crippen molar-refractivity contribution in [3.8, 4) is 11.3 Å². The van der Waals surface area contributed by atoms with Crippen LogP contribution in [-0.2, 0) is 12.6 Å². The summed E-state index contributed by atoms with van der Waals surface area (Å²) in [6.07, 6.45) is -4.15. The molecule has 112 valence electrons. The standard InChI is InChI=1S/C14H13F4N3/c1-3-12-20-11(7-13(19-2)21-12)8-4-5-9(10(15)6-8)14(16,17)18/h4-7H,3H2,1-2H3,(H,19,20,21). The van der Waals surface area contributed by atoms with E-state index in [1.54, 1.807) is 13.1 Å². The van der Waals surface area contributed by atoms with E-state index in [-0.39, 0.29) is 5.56 Å². The van der Waals surface area contributed by atoms with Crippen molar-refractivity contribution in [3.05, 3.63) is 41.5 Å². The van der Waals surface area contributed by atoms with Crippen LogP contribution in [0.5, 0.6) is 0 Å². The minimum atomic E-state index is -4.71.